The van der Waals surface area contributed by atoms with Crippen LogP contribution in [0.1, 0.15) is 102 Å². The summed E-state index contributed by atoms with van der Waals surface area (Å²) < 4.78 is 0. The summed E-state index contributed by atoms with van der Waals surface area (Å²) in [4.78, 5) is 13.3. The van der Waals surface area contributed by atoms with E-state index in [1.54, 1.807) is 6.07 Å². The SMILES string of the molecule is CCc1cc(C(=O)Nc2cc(C(C)(C)C)c(O)c(C(C)(C)C)c2)c(O)c(C(C)(C)C)c1. The molecule has 1 amide bonds. The molecule has 0 unspecified atom stereocenters. The van der Waals surface area contributed by atoms with Crippen molar-refractivity contribution >= 4 is 11.6 Å². The van der Waals surface area contributed by atoms with E-state index >= 15 is 0 Å². The molecule has 0 aliphatic carbocycles. The van der Waals surface area contributed by atoms with Crippen molar-refractivity contribution in [2.45, 2.75) is 91.9 Å². The van der Waals surface area contributed by atoms with Crippen molar-refractivity contribution in [1.29, 1.82) is 0 Å². The number of hydrogen-bond donors (Lipinski definition) is 3. The van der Waals surface area contributed by atoms with E-state index in [2.05, 4.69) is 5.32 Å². The molecule has 3 N–H and O–H groups in total. The molecular formula is C27H39NO3. The lowest BCUT2D eigenvalue weighted by atomic mass is 9.79. The number of benzene rings is 2. The smallest absolute Gasteiger partial charge is 0.259 e. The third-order valence-corrected chi connectivity index (χ3v) is 5.61. The van der Waals surface area contributed by atoms with Crippen LogP contribution >= 0.6 is 0 Å². The molecular weight excluding hydrogens is 386 g/mol. The van der Waals surface area contributed by atoms with Crippen LogP contribution in [0.3, 0.4) is 0 Å². The van der Waals surface area contributed by atoms with E-state index in [1.165, 1.54) is 0 Å². The van der Waals surface area contributed by atoms with Gasteiger partial charge in [0, 0.05) is 22.4 Å². The summed E-state index contributed by atoms with van der Waals surface area (Å²) in [5.41, 5.74) is 3.31. The van der Waals surface area contributed by atoms with Crippen LogP contribution in [0.25, 0.3) is 0 Å². The summed E-state index contributed by atoms with van der Waals surface area (Å²) in [7, 11) is 0. The van der Waals surface area contributed by atoms with Gasteiger partial charge in [0.05, 0.1) is 5.56 Å². The Morgan fingerprint density at radius 2 is 1.16 bits per heavy atom. The van der Waals surface area contributed by atoms with E-state index in [0.29, 0.717) is 5.69 Å². The molecule has 0 atom stereocenters. The quantitative estimate of drug-likeness (QED) is 0.473. The summed E-state index contributed by atoms with van der Waals surface area (Å²) in [5, 5.41) is 24.8. The molecule has 0 aliphatic heterocycles. The molecule has 31 heavy (non-hydrogen) atoms. The number of aromatic hydroxyl groups is 2. The zero-order valence-electron chi connectivity index (χ0n) is 20.8. The Bertz CT molecular complexity index is 948. The zero-order valence-corrected chi connectivity index (χ0v) is 20.8. The third kappa shape index (κ3) is 5.41. The maximum Gasteiger partial charge on any atom is 0.259 e. The topological polar surface area (TPSA) is 69.6 Å². The number of hydrogen-bond acceptors (Lipinski definition) is 3. The van der Waals surface area contributed by atoms with Crippen LogP contribution in [0.15, 0.2) is 24.3 Å². The average Bonchev–Trinajstić information content (AvgIpc) is 2.60. The molecule has 2 aromatic rings. The largest absolute Gasteiger partial charge is 0.507 e. The van der Waals surface area contributed by atoms with Crippen molar-refractivity contribution in [1.82, 2.24) is 0 Å². The Morgan fingerprint density at radius 3 is 1.55 bits per heavy atom. The number of anilines is 1. The van der Waals surface area contributed by atoms with Crippen LogP contribution in [0, 0.1) is 0 Å². The maximum atomic E-state index is 13.3. The number of carbonyl (C=O) groups is 1. The Labute approximate surface area is 187 Å². The predicted molar refractivity (Wildman–Crippen MR) is 130 cm³/mol. The maximum absolute atomic E-state index is 13.3. The summed E-state index contributed by atoms with van der Waals surface area (Å²) in [5.74, 6) is -0.0689. The second-order valence-electron chi connectivity index (χ2n) is 11.5. The standard InChI is InChI=1S/C27H39NO3/c1-11-16-12-18(22(29)19(13-16)25(2,3)4)24(31)28-17-14-20(26(5,6)7)23(30)21(15-17)27(8,9)10/h12-15,29-30H,11H2,1-10H3,(H,28,31). The summed E-state index contributed by atoms with van der Waals surface area (Å²) in [6, 6.07) is 7.39. The molecule has 4 heteroatoms. The van der Waals surface area contributed by atoms with Crippen molar-refractivity contribution in [2.24, 2.45) is 0 Å². The molecule has 0 bridgehead atoms. The highest BCUT2D eigenvalue weighted by Gasteiger charge is 2.28. The Kier molecular flexibility index (Phi) is 6.57. The van der Waals surface area contributed by atoms with Crippen molar-refractivity contribution < 1.29 is 15.0 Å². The first-order valence-electron chi connectivity index (χ1n) is 11.0. The highest BCUT2D eigenvalue weighted by molar-refractivity contribution is 6.06. The van der Waals surface area contributed by atoms with Crippen molar-refractivity contribution in [3.63, 3.8) is 0 Å². The molecule has 0 aliphatic rings. The van der Waals surface area contributed by atoms with E-state index in [4.69, 9.17) is 0 Å². The number of carbonyl (C=O) groups excluding carboxylic acids is 1. The number of nitrogens with one attached hydrogen (secondary N) is 1. The van der Waals surface area contributed by atoms with Crippen molar-refractivity contribution in [2.75, 3.05) is 5.32 Å². The first-order chi connectivity index (χ1) is 14.0. The highest BCUT2D eigenvalue weighted by Crippen LogP contribution is 2.41. The van der Waals surface area contributed by atoms with Crippen LogP contribution in [0.4, 0.5) is 5.69 Å². The van der Waals surface area contributed by atoms with Gasteiger partial charge in [-0.15, -0.1) is 0 Å². The monoisotopic (exact) mass is 425 g/mol. The van der Waals surface area contributed by atoms with Gasteiger partial charge in [-0.25, -0.2) is 0 Å². The minimum atomic E-state index is -0.358. The predicted octanol–water partition coefficient (Wildman–Crippen LogP) is 6.81. The van der Waals surface area contributed by atoms with Gasteiger partial charge < -0.3 is 15.5 Å². The lowest BCUT2D eigenvalue weighted by Gasteiger charge is -2.28. The Balaban J connectivity index is 2.61. The highest BCUT2D eigenvalue weighted by atomic mass is 16.3. The van der Waals surface area contributed by atoms with Crippen molar-refractivity contribution in [3.8, 4) is 11.5 Å². The van der Waals surface area contributed by atoms with Crippen molar-refractivity contribution in [3.05, 3.63) is 52.1 Å². The second kappa shape index (κ2) is 8.22. The van der Waals surface area contributed by atoms with Gasteiger partial charge in [0.15, 0.2) is 0 Å². The molecule has 0 radical (unpaired) electrons. The van der Waals surface area contributed by atoms with Crippen LogP contribution in [0.2, 0.25) is 0 Å². The average molecular weight is 426 g/mol. The molecule has 0 aromatic heterocycles. The third-order valence-electron chi connectivity index (χ3n) is 5.61. The zero-order chi connectivity index (χ0) is 23.9. The summed E-state index contributed by atoms with van der Waals surface area (Å²) in [6.07, 6.45) is 0.769. The summed E-state index contributed by atoms with van der Waals surface area (Å²) in [6.45, 7) is 20.3. The molecule has 2 aromatic carbocycles. The fraction of sp³-hybridized carbons (Fsp3) is 0.519. The minimum absolute atomic E-state index is 0.0214. The molecule has 0 spiro atoms. The van der Waals surface area contributed by atoms with Gasteiger partial charge in [0.1, 0.15) is 11.5 Å². The fourth-order valence-corrected chi connectivity index (χ4v) is 3.69. The molecule has 0 saturated heterocycles. The Morgan fingerprint density at radius 1 is 0.742 bits per heavy atom. The van der Waals surface area contributed by atoms with E-state index < -0.39 is 0 Å². The van der Waals surface area contributed by atoms with Crippen LogP contribution in [0.5, 0.6) is 11.5 Å². The normalized spacial score (nSPS) is 12.7. The number of aryl methyl sites for hydroxylation is 1. The first-order valence-corrected chi connectivity index (χ1v) is 11.0. The lowest BCUT2D eigenvalue weighted by Crippen LogP contribution is -2.20. The van der Waals surface area contributed by atoms with Gasteiger partial charge in [-0.3, -0.25) is 4.79 Å². The van der Waals surface area contributed by atoms with Gasteiger partial charge >= 0.3 is 0 Å². The summed E-state index contributed by atoms with van der Waals surface area (Å²) >= 11 is 0. The Hall–Kier alpha value is -2.49. The van der Waals surface area contributed by atoms with Gasteiger partial charge in [-0.05, 0) is 46.4 Å². The molecule has 170 valence electrons. The second-order valence-corrected chi connectivity index (χ2v) is 11.5. The number of phenolic OH excluding ortho intramolecular Hbond substituents is 2. The molecule has 0 saturated carbocycles. The fourth-order valence-electron chi connectivity index (χ4n) is 3.69. The first kappa shape index (κ1) is 24.8. The van der Waals surface area contributed by atoms with Crippen LogP contribution in [-0.2, 0) is 22.7 Å². The van der Waals surface area contributed by atoms with Gasteiger partial charge in [0.25, 0.3) is 5.91 Å². The van der Waals surface area contributed by atoms with E-state index in [0.717, 1.165) is 28.7 Å². The van der Waals surface area contributed by atoms with Crippen LogP contribution in [-0.4, -0.2) is 16.1 Å². The van der Waals surface area contributed by atoms with Crippen LogP contribution < -0.4 is 5.32 Å². The minimum Gasteiger partial charge on any atom is -0.507 e. The van der Waals surface area contributed by atoms with E-state index in [9.17, 15) is 15.0 Å². The van der Waals surface area contributed by atoms with E-state index in [-0.39, 0.29) is 39.2 Å². The molecule has 0 fully saturated rings. The van der Waals surface area contributed by atoms with Gasteiger partial charge in [-0.1, -0.05) is 75.3 Å². The number of phenols is 2. The molecule has 2 rings (SSSR count). The van der Waals surface area contributed by atoms with Gasteiger partial charge in [-0.2, -0.15) is 0 Å². The molecule has 4 nitrogen and oxygen atoms in total. The number of amides is 1. The van der Waals surface area contributed by atoms with Gasteiger partial charge in [0.2, 0.25) is 0 Å². The number of rotatable bonds is 3. The molecule has 0 heterocycles. The van der Waals surface area contributed by atoms with E-state index in [1.807, 2.05) is 87.4 Å². The lowest BCUT2D eigenvalue weighted by molar-refractivity contribution is 0.102.